The molecule has 3 aromatic carbocycles. The van der Waals surface area contributed by atoms with Gasteiger partial charge in [0.15, 0.2) is 0 Å². The molecule has 4 nitrogen and oxygen atoms in total. The van der Waals surface area contributed by atoms with Gasteiger partial charge in [-0.1, -0.05) is 36.4 Å². The van der Waals surface area contributed by atoms with Gasteiger partial charge in [0, 0.05) is 28.3 Å². The molecule has 1 amide bonds. The molecule has 4 rings (SSSR count). The van der Waals surface area contributed by atoms with Gasteiger partial charge >= 0.3 is 0 Å². The second-order valence-electron chi connectivity index (χ2n) is 6.69. The molecule has 0 aliphatic carbocycles. The molecular formula is C23H20FN3O. The van der Waals surface area contributed by atoms with Crippen LogP contribution in [0.5, 0.6) is 0 Å². The van der Waals surface area contributed by atoms with Crippen LogP contribution in [0.25, 0.3) is 10.9 Å². The van der Waals surface area contributed by atoms with Gasteiger partial charge in [-0.05, 0) is 55.0 Å². The number of carbonyl (C=O) groups is 1. The van der Waals surface area contributed by atoms with Crippen molar-refractivity contribution in [1.29, 1.82) is 0 Å². The van der Waals surface area contributed by atoms with Gasteiger partial charge < -0.3 is 15.6 Å². The predicted octanol–water partition coefficient (Wildman–Crippen LogP) is 5.73. The molecule has 5 heteroatoms. The van der Waals surface area contributed by atoms with Gasteiger partial charge in [-0.3, -0.25) is 4.79 Å². The Morgan fingerprint density at radius 3 is 2.36 bits per heavy atom. The van der Waals surface area contributed by atoms with Crippen molar-refractivity contribution in [3.05, 3.63) is 95.9 Å². The smallest absolute Gasteiger partial charge is 0.272 e. The van der Waals surface area contributed by atoms with E-state index in [9.17, 15) is 9.18 Å². The minimum Gasteiger partial charge on any atom is -0.379 e. The fourth-order valence-corrected chi connectivity index (χ4v) is 3.16. The van der Waals surface area contributed by atoms with Crippen LogP contribution in [-0.2, 0) is 0 Å². The van der Waals surface area contributed by atoms with E-state index in [1.807, 2.05) is 42.5 Å². The average molecular weight is 373 g/mol. The van der Waals surface area contributed by atoms with Gasteiger partial charge in [0.2, 0.25) is 0 Å². The molecule has 4 aromatic rings. The molecule has 0 bridgehead atoms. The summed E-state index contributed by atoms with van der Waals surface area (Å²) in [6.45, 7) is 2.10. The number of amides is 1. The fraction of sp³-hybridized carbons (Fsp3) is 0.0870. The van der Waals surface area contributed by atoms with Crippen LogP contribution in [0.2, 0.25) is 0 Å². The van der Waals surface area contributed by atoms with Crippen LogP contribution < -0.4 is 10.6 Å². The van der Waals surface area contributed by atoms with Crippen molar-refractivity contribution in [3.8, 4) is 0 Å². The Balaban J connectivity index is 1.43. The van der Waals surface area contributed by atoms with Crippen molar-refractivity contribution in [2.24, 2.45) is 0 Å². The van der Waals surface area contributed by atoms with Crippen molar-refractivity contribution >= 4 is 28.2 Å². The lowest BCUT2D eigenvalue weighted by Crippen LogP contribution is -2.12. The lowest BCUT2D eigenvalue weighted by molar-refractivity contribution is 0.102. The molecule has 0 aliphatic rings. The highest BCUT2D eigenvalue weighted by molar-refractivity contribution is 6.06. The highest BCUT2D eigenvalue weighted by Gasteiger charge is 2.12. The summed E-state index contributed by atoms with van der Waals surface area (Å²) in [5.74, 6) is -0.662. The number of hydrogen-bond acceptors (Lipinski definition) is 2. The summed E-state index contributed by atoms with van der Waals surface area (Å²) in [6, 6.07) is 24.1. The molecule has 1 aromatic heterocycles. The fourth-order valence-electron chi connectivity index (χ4n) is 3.16. The Kier molecular flexibility index (Phi) is 4.81. The normalized spacial score (nSPS) is 11.9. The number of H-pyrrole nitrogens is 1. The number of aromatic amines is 1. The van der Waals surface area contributed by atoms with Crippen LogP contribution in [0, 0.1) is 5.82 Å². The molecule has 0 saturated heterocycles. The maximum Gasteiger partial charge on any atom is 0.272 e. The molecule has 0 aliphatic heterocycles. The van der Waals surface area contributed by atoms with Crippen LogP contribution in [0.15, 0.2) is 78.9 Å². The van der Waals surface area contributed by atoms with E-state index in [1.54, 1.807) is 12.1 Å². The van der Waals surface area contributed by atoms with E-state index in [0.717, 1.165) is 5.69 Å². The molecule has 1 atom stereocenters. The van der Waals surface area contributed by atoms with Crippen molar-refractivity contribution in [2.75, 3.05) is 10.6 Å². The molecule has 140 valence electrons. The summed E-state index contributed by atoms with van der Waals surface area (Å²) in [4.78, 5) is 15.4. The van der Waals surface area contributed by atoms with Crippen LogP contribution in [0.1, 0.15) is 29.0 Å². The van der Waals surface area contributed by atoms with E-state index in [0.29, 0.717) is 22.3 Å². The van der Waals surface area contributed by atoms with Gasteiger partial charge in [-0.25, -0.2) is 4.39 Å². The average Bonchev–Trinajstić information content (AvgIpc) is 3.16. The molecule has 0 radical (unpaired) electrons. The highest BCUT2D eigenvalue weighted by Crippen LogP contribution is 2.22. The van der Waals surface area contributed by atoms with Crippen molar-refractivity contribution in [2.45, 2.75) is 13.0 Å². The SMILES string of the molecule is CC(Nc1ccc(NC(=O)c2cc3c(F)cccc3[nH]2)cc1)c1ccccc1. The number of halogens is 1. The van der Waals surface area contributed by atoms with Crippen LogP contribution >= 0.6 is 0 Å². The number of fused-ring (bicyclic) bond motifs is 1. The first-order chi connectivity index (χ1) is 13.6. The van der Waals surface area contributed by atoms with E-state index in [4.69, 9.17) is 0 Å². The first kappa shape index (κ1) is 17.8. The Hall–Kier alpha value is -3.60. The third kappa shape index (κ3) is 3.74. The van der Waals surface area contributed by atoms with Crippen LogP contribution in [0.3, 0.4) is 0 Å². The zero-order chi connectivity index (χ0) is 19.5. The zero-order valence-electron chi connectivity index (χ0n) is 15.4. The summed E-state index contributed by atoms with van der Waals surface area (Å²) in [5, 5.41) is 6.67. The number of benzene rings is 3. The van der Waals surface area contributed by atoms with Crippen molar-refractivity contribution in [1.82, 2.24) is 4.98 Å². The Bertz CT molecular complexity index is 1100. The summed E-state index contributed by atoms with van der Waals surface area (Å²) in [6.07, 6.45) is 0. The monoisotopic (exact) mass is 373 g/mol. The second kappa shape index (κ2) is 7.56. The van der Waals surface area contributed by atoms with Gasteiger partial charge in [-0.15, -0.1) is 0 Å². The topological polar surface area (TPSA) is 56.9 Å². The van der Waals surface area contributed by atoms with Crippen molar-refractivity contribution < 1.29 is 9.18 Å². The van der Waals surface area contributed by atoms with E-state index in [1.165, 1.54) is 17.7 Å². The maximum absolute atomic E-state index is 13.8. The number of anilines is 2. The molecule has 0 saturated carbocycles. The van der Waals surface area contributed by atoms with Gasteiger partial charge in [-0.2, -0.15) is 0 Å². The highest BCUT2D eigenvalue weighted by atomic mass is 19.1. The molecule has 1 unspecified atom stereocenters. The van der Waals surface area contributed by atoms with Crippen molar-refractivity contribution in [3.63, 3.8) is 0 Å². The standard InChI is InChI=1S/C23H20FN3O/c1-15(16-6-3-2-4-7-16)25-17-10-12-18(13-11-17)26-23(28)22-14-19-20(24)8-5-9-21(19)27-22/h2-15,25,27H,1H3,(H,26,28). The lowest BCUT2D eigenvalue weighted by Gasteiger charge is -2.16. The Labute approximate surface area is 162 Å². The first-order valence-corrected chi connectivity index (χ1v) is 9.10. The largest absolute Gasteiger partial charge is 0.379 e. The maximum atomic E-state index is 13.8. The predicted molar refractivity (Wildman–Crippen MR) is 111 cm³/mol. The third-order valence-corrected chi connectivity index (χ3v) is 4.68. The van der Waals surface area contributed by atoms with Gasteiger partial charge in [0.1, 0.15) is 11.5 Å². The third-order valence-electron chi connectivity index (χ3n) is 4.68. The number of hydrogen-bond donors (Lipinski definition) is 3. The minimum absolute atomic E-state index is 0.169. The zero-order valence-corrected chi connectivity index (χ0v) is 15.4. The van der Waals surface area contributed by atoms with Gasteiger partial charge in [0.25, 0.3) is 5.91 Å². The van der Waals surface area contributed by atoms with Gasteiger partial charge in [0.05, 0.1) is 0 Å². The molecule has 0 spiro atoms. The molecule has 3 N–H and O–H groups in total. The number of aromatic nitrogens is 1. The quantitative estimate of drug-likeness (QED) is 0.418. The number of nitrogens with one attached hydrogen (secondary N) is 3. The molecule has 0 fully saturated rings. The minimum atomic E-state index is -0.351. The summed E-state index contributed by atoms with van der Waals surface area (Å²) >= 11 is 0. The summed E-state index contributed by atoms with van der Waals surface area (Å²) in [7, 11) is 0. The number of rotatable bonds is 5. The molecule has 28 heavy (non-hydrogen) atoms. The van der Waals surface area contributed by atoms with Crippen LogP contribution in [-0.4, -0.2) is 10.9 Å². The van der Waals surface area contributed by atoms with E-state index in [-0.39, 0.29) is 17.8 Å². The summed E-state index contributed by atoms with van der Waals surface area (Å²) in [5.41, 5.74) is 3.74. The van der Waals surface area contributed by atoms with E-state index >= 15 is 0 Å². The Morgan fingerprint density at radius 1 is 0.929 bits per heavy atom. The summed E-state index contributed by atoms with van der Waals surface area (Å²) < 4.78 is 13.8. The molecule has 1 heterocycles. The first-order valence-electron chi connectivity index (χ1n) is 9.10. The van der Waals surface area contributed by atoms with E-state index in [2.05, 4.69) is 34.7 Å². The van der Waals surface area contributed by atoms with E-state index < -0.39 is 0 Å². The Morgan fingerprint density at radius 2 is 1.64 bits per heavy atom. The van der Waals surface area contributed by atoms with Crippen LogP contribution in [0.4, 0.5) is 15.8 Å². The number of carbonyl (C=O) groups excluding carboxylic acids is 1. The second-order valence-corrected chi connectivity index (χ2v) is 6.69. The molecular weight excluding hydrogens is 353 g/mol. The lowest BCUT2D eigenvalue weighted by atomic mass is 10.1.